The van der Waals surface area contributed by atoms with Gasteiger partial charge in [0.05, 0.1) is 12.2 Å². The highest BCUT2D eigenvalue weighted by Crippen LogP contribution is 2.15. The highest BCUT2D eigenvalue weighted by molar-refractivity contribution is 9.10. The van der Waals surface area contributed by atoms with Gasteiger partial charge in [-0.2, -0.15) is 5.10 Å². The number of rotatable bonds is 5. The van der Waals surface area contributed by atoms with Gasteiger partial charge in [0.2, 0.25) is 0 Å². The third-order valence-electron chi connectivity index (χ3n) is 2.99. The minimum Gasteiger partial charge on any atom is -0.453 e. The smallest absolute Gasteiger partial charge is 0.169 e. The number of hydrogen-bond acceptors (Lipinski definition) is 3. The first-order chi connectivity index (χ1) is 9.83. The number of hydrogen-bond donors (Lipinski definition) is 1. The van der Waals surface area contributed by atoms with Gasteiger partial charge < -0.3 is 9.73 Å². The van der Waals surface area contributed by atoms with E-state index < -0.39 is 0 Å². The molecule has 0 radical (unpaired) electrons. The zero-order valence-electron chi connectivity index (χ0n) is 10.8. The maximum atomic E-state index is 5.46. The van der Waals surface area contributed by atoms with Crippen molar-refractivity contribution in [3.8, 4) is 5.69 Å². The summed E-state index contributed by atoms with van der Waals surface area (Å²) in [6.45, 7) is 1.45. The largest absolute Gasteiger partial charge is 0.453 e. The normalized spacial score (nSPS) is 10.8. The van der Waals surface area contributed by atoms with Gasteiger partial charge in [-0.25, -0.2) is 4.68 Å². The van der Waals surface area contributed by atoms with Crippen molar-refractivity contribution < 1.29 is 4.42 Å². The van der Waals surface area contributed by atoms with Crippen molar-refractivity contribution in [2.45, 2.75) is 13.1 Å². The molecule has 3 rings (SSSR count). The molecule has 0 spiro atoms. The molecule has 0 bridgehead atoms. The summed E-state index contributed by atoms with van der Waals surface area (Å²) in [5, 5.41) is 7.66. The number of furan rings is 1. The molecule has 0 saturated carbocycles. The molecule has 1 aromatic carbocycles. The van der Waals surface area contributed by atoms with E-state index in [0.717, 1.165) is 22.7 Å². The van der Waals surface area contributed by atoms with Crippen molar-refractivity contribution in [3.05, 3.63) is 70.9 Å². The summed E-state index contributed by atoms with van der Waals surface area (Å²) < 4.78 is 8.09. The molecule has 2 aromatic heterocycles. The second-order valence-corrected chi connectivity index (χ2v) is 5.17. The van der Waals surface area contributed by atoms with Crippen LogP contribution in [-0.2, 0) is 13.1 Å². The predicted octanol–water partition coefficient (Wildman–Crippen LogP) is 3.52. The molecule has 20 heavy (non-hydrogen) atoms. The fraction of sp³-hybridized carbons (Fsp3) is 0.133. The van der Waals surface area contributed by atoms with Gasteiger partial charge in [0.15, 0.2) is 4.67 Å². The molecule has 1 N–H and O–H groups in total. The Morgan fingerprint density at radius 3 is 2.75 bits per heavy atom. The summed E-state index contributed by atoms with van der Waals surface area (Å²) in [5.74, 6) is 0.911. The summed E-state index contributed by atoms with van der Waals surface area (Å²) in [6.07, 6.45) is 3.73. The number of halogens is 1. The van der Waals surface area contributed by atoms with E-state index in [1.165, 1.54) is 5.56 Å². The molecule has 3 aromatic rings. The van der Waals surface area contributed by atoms with Crippen LogP contribution in [0.1, 0.15) is 11.3 Å². The third-order valence-corrected chi connectivity index (χ3v) is 3.41. The fourth-order valence-corrected chi connectivity index (χ4v) is 2.40. The van der Waals surface area contributed by atoms with Gasteiger partial charge in [0.1, 0.15) is 5.76 Å². The lowest BCUT2D eigenvalue weighted by Gasteiger charge is -2.10. The quantitative estimate of drug-likeness (QED) is 0.777. The minimum absolute atomic E-state index is 0.693. The molecule has 5 heteroatoms. The Hall–Kier alpha value is -1.85. The maximum Gasteiger partial charge on any atom is 0.169 e. The summed E-state index contributed by atoms with van der Waals surface area (Å²) in [5.41, 5.74) is 2.28. The lowest BCUT2D eigenvalue weighted by molar-refractivity contribution is 0.465. The second kappa shape index (κ2) is 6.07. The van der Waals surface area contributed by atoms with E-state index in [0.29, 0.717) is 6.54 Å². The molecular weight excluding hydrogens is 318 g/mol. The highest BCUT2D eigenvalue weighted by Gasteiger charge is 2.04. The molecular formula is C15H14BrN3O. The highest BCUT2D eigenvalue weighted by atomic mass is 79.9. The number of nitrogens with zero attached hydrogens (tertiary/aromatic N) is 2. The average Bonchev–Trinajstić information content (AvgIpc) is 3.11. The molecule has 0 amide bonds. The predicted molar refractivity (Wildman–Crippen MR) is 80.5 cm³/mol. The Labute approximate surface area is 125 Å². The van der Waals surface area contributed by atoms with E-state index in [-0.39, 0.29) is 0 Å². The van der Waals surface area contributed by atoms with Crippen LogP contribution in [0.5, 0.6) is 0 Å². The number of nitrogens with one attached hydrogen (secondary N) is 1. The number of benzene rings is 1. The van der Waals surface area contributed by atoms with Crippen LogP contribution in [0.2, 0.25) is 0 Å². The Kier molecular flexibility index (Phi) is 3.99. The van der Waals surface area contributed by atoms with Crippen molar-refractivity contribution in [3.63, 3.8) is 0 Å². The van der Waals surface area contributed by atoms with Crippen LogP contribution in [0.3, 0.4) is 0 Å². The van der Waals surface area contributed by atoms with Crippen LogP contribution >= 0.6 is 15.9 Å². The Balaban J connectivity index is 1.68. The van der Waals surface area contributed by atoms with Crippen molar-refractivity contribution in [2.75, 3.05) is 0 Å². The van der Waals surface area contributed by atoms with Gasteiger partial charge in [-0.05, 0) is 45.8 Å². The zero-order chi connectivity index (χ0) is 13.8. The van der Waals surface area contributed by atoms with Crippen LogP contribution < -0.4 is 5.32 Å². The van der Waals surface area contributed by atoms with E-state index in [4.69, 9.17) is 4.42 Å². The van der Waals surface area contributed by atoms with Crippen molar-refractivity contribution in [2.24, 2.45) is 0 Å². The number of para-hydroxylation sites is 1. The Morgan fingerprint density at radius 2 is 2.00 bits per heavy atom. The Bertz CT molecular complexity index is 676. The van der Waals surface area contributed by atoms with E-state index >= 15 is 0 Å². The lowest BCUT2D eigenvalue weighted by atomic mass is 10.2. The van der Waals surface area contributed by atoms with Crippen LogP contribution in [0, 0.1) is 0 Å². The first-order valence-corrected chi connectivity index (χ1v) is 7.15. The van der Waals surface area contributed by atoms with E-state index in [2.05, 4.69) is 38.5 Å². The van der Waals surface area contributed by atoms with Crippen LogP contribution in [0.4, 0.5) is 0 Å². The maximum absolute atomic E-state index is 5.46. The van der Waals surface area contributed by atoms with Crippen LogP contribution in [0.15, 0.2) is 63.9 Å². The topological polar surface area (TPSA) is 43.0 Å². The third kappa shape index (κ3) is 3.00. The SMILES string of the molecule is Brc1ccc(CNCc2ccccc2-n2cccn2)o1. The number of aromatic nitrogens is 2. The lowest BCUT2D eigenvalue weighted by Crippen LogP contribution is -2.14. The standard InChI is InChI=1S/C15H14BrN3O/c16-15-7-6-13(20-15)11-17-10-12-4-1-2-5-14(12)19-9-3-8-18-19/h1-9,17H,10-11H2. The fourth-order valence-electron chi connectivity index (χ4n) is 2.06. The average molecular weight is 332 g/mol. The molecule has 0 aliphatic rings. The second-order valence-electron chi connectivity index (χ2n) is 4.39. The van der Waals surface area contributed by atoms with Crippen molar-refractivity contribution in [1.29, 1.82) is 0 Å². The van der Waals surface area contributed by atoms with Gasteiger partial charge in [0, 0.05) is 18.9 Å². The first kappa shape index (κ1) is 13.1. The minimum atomic E-state index is 0.693. The summed E-state index contributed by atoms with van der Waals surface area (Å²) in [7, 11) is 0. The molecule has 102 valence electrons. The molecule has 2 heterocycles. The van der Waals surface area contributed by atoms with Gasteiger partial charge >= 0.3 is 0 Å². The van der Waals surface area contributed by atoms with E-state index in [9.17, 15) is 0 Å². The van der Waals surface area contributed by atoms with Crippen molar-refractivity contribution >= 4 is 15.9 Å². The van der Waals surface area contributed by atoms with E-state index in [1.54, 1.807) is 6.20 Å². The van der Waals surface area contributed by atoms with Gasteiger partial charge in [-0.15, -0.1) is 0 Å². The summed E-state index contributed by atoms with van der Waals surface area (Å²) in [4.78, 5) is 0. The van der Waals surface area contributed by atoms with E-state index in [1.807, 2.05) is 41.2 Å². The monoisotopic (exact) mass is 331 g/mol. The molecule has 4 nitrogen and oxygen atoms in total. The molecule has 0 fully saturated rings. The zero-order valence-corrected chi connectivity index (χ0v) is 12.4. The molecule has 0 unspecified atom stereocenters. The van der Waals surface area contributed by atoms with Gasteiger partial charge in [0.25, 0.3) is 0 Å². The van der Waals surface area contributed by atoms with Crippen molar-refractivity contribution in [1.82, 2.24) is 15.1 Å². The summed E-state index contributed by atoms with van der Waals surface area (Å²) in [6, 6.07) is 14.0. The van der Waals surface area contributed by atoms with Gasteiger partial charge in [-0.3, -0.25) is 0 Å². The molecule has 0 aliphatic heterocycles. The molecule has 0 atom stereocenters. The molecule has 0 aliphatic carbocycles. The molecule has 0 saturated heterocycles. The first-order valence-electron chi connectivity index (χ1n) is 6.36. The summed E-state index contributed by atoms with van der Waals surface area (Å²) >= 11 is 3.30. The Morgan fingerprint density at radius 1 is 1.10 bits per heavy atom. The van der Waals surface area contributed by atoms with Gasteiger partial charge in [-0.1, -0.05) is 18.2 Å². The van der Waals surface area contributed by atoms with Crippen LogP contribution in [-0.4, -0.2) is 9.78 Å². The van der Waals surface area contributed by atoms with Crippen LogP contribution in [0.25, 0.3) is 5.69 Å².